The Morgan fingerprint density at radius 3 is 2.58 bits per heavy atom. The van der Waals surface area contributed by atoms with Gasteiger partial charge < -0.3 is 15.0 Å². The Morgan fingerprint density at radius 1 is 1.32 bits per heavy atom. The predicted octanol–water partition coefficient (Wildman–Crippen LogP) is 2.89. The van der Waals surface area contributed by atoms with Crippen molar-refractivity contribution in [3.63, 3.8) is 0 Å². The molecule has 0 saturated carbocycles. The number of methoxy groups -OCH3 is 1. The van der Waals surface area contributed by atoms with Gasteiger partial charge in [-0.3, -0.25) is 4.79 Å². The molecule has 19 heavy (non-hydrogen) atoms. The van der Waals surface area contributed by atoms with Crippen LogP contribution < -0.4 is 15.0 Å². The molecule has 0 aromatic heterocycles. The highest BCUT2D eigenvalue weighted by atomic mass is 16.5. The van der Waals surface area contributed by atoms with Gasteiger partial charge in [-0.25, -0.2) is 0 Å². The van der Waals surface area contributed by atoms with E-state index in [1.54, 1.807) is 7.11 Å². The van der Waals surface area contributed by atoms with Crippen molar-refractivity contribution in [2.24, 2.45) is 5.92 Å². The van der Waals surface area contributed by atoms with Crippen LogP contribution in [0.5, 0.6) is 5.75 Å². The molecule has 1 aliphatic heterocycles. The van der Waals surface area contributed by atoms with Crippen molar-refractivity contribution in [3.8, 4) is 5.75 Å². The monoisotopic (exact) mass is 262 g/mol. The van der Waals surface area contributed by atoms with Crippen LogP contribution in [-0.2, 0) is 4.79 Å². The van der Waals surface area contributed by atoms with Crippen molar-refractivity contribution in [3.05, 3.63) is 18.2 Å². The summed E-state index contributed by atoms with van der Waals surface area (Å²) in [4.78, 5) is 14.2. The van der Waals surface area contributed by atoms with Crippen LogP contribution in [0.4, 0.5) is 11.4 Å². The van der Waals surface area contributed by atoms with Crippen LogP contribution in [0.2, 0.25) is 0 Å². The molecule has 4 nitrogen and oxygen atoms in total. The summed E-state index contributed by atoms with van der Waals surface area (Å²) < 4.78 is 5.31. The third-order valence-electron chi connectivity index (χ3n) is 3.44. The van der Waals surface area contributed by atoms with Crippen LogP contribution in [0.3, 0.4) is 0 Å². The molecule has 1 saturated heterocycles. The molecule has 1 aromatic rings. The number of amides is 1. The number of anilines is 2. The zero-order chi connectivity index (χ0) is 13.8. The number of carbonyl (C=O) groups is 1. The third-order valence-corrected chi connectivity index (χ3v) is 3.44. The van der Waals surface area contributed by atoms with Gasteiger partial charge in [-0.05, 0) is 31.0 Å². The average Bonchev–Trinajstić information content (AvgIpc) is 2.92. The summed E-state index contributed by atoms with van der Waals surface area (Å²) in [6.07, 6.45) is 2.47. The summed E-state index contributed by atoms with van der Waals surface area (Å²) in [6.45, 7) is 5.94. The van der Waals surface area contributed by atoms with Gasteiger partial charge in [0.2, 0.25) is 5.91 Å². The van der Waals surface area contributed by atoms with E-state index in [2.05, 4.69) is 16.3 Å². The van der Waals surface area contributed by atoms with Crippen molar-refractivity contribution in [2.75, 3.05) is 30.4 Å². The number of carbonyl (C=O) groups excluding carboxylic acids is 1. The van der Waals surface area contributed by atoms with E-state index in [0.29, 0.717) is 5.75 Å². The maximum Gasteiger partial charge on any atom is 0.227 e. The lowest BCUT2D eigenvalue weighted by Gasteiger charge is -2.20. The van der Waals surface area contributed by atoms with E-state index in [4.69, 9.17) is 4.74 Å². The largest absolute Gasteiger partial charge is 0.495 e. The van der Waals surface area contributed by atoms with Gasteiger partial charge in [0.15, 0.2) is 0 Å². The summed E-state index contributed by atoms with van der Waals surface area (Å²) in [7, 11) is 1.62. The zero-order valence-electron chi connectivity index (χ0n) is 11.9. The Labute approximate surface area is 114 Å². The molecule has 1 aliphatic rings. The first-order chi connectivity index (χ1) is 9.11. The molecular formula is C15H22N2O2. The smallest absolute Gasteiger partial charge is 0.227 e. The molecule has 0 atom stereocenters. The second-order valence-electron chi connectivity index (χ2n) is 5.22. The molecule has 104 valence electrons. The van der Waals surface area contributed by atoms with E-state index in [9.17, 15) is 4.79 Å². The molecule has 2 rings (SSSR count). The molecule has 1 heterocycles. The van der Waals surface area contributed by atoms with Gasteiger partial charge in [0.1, 0.15) is 5.75 Å². The number of nitrogens with zero attached hydrogens (tertiary/aromatic N) is 1. The van der Waals surface area contributed by atoms with E-state index in [1.165, 1.54) is 12.8 Å². The first kappa shape index (κ1) is 13.7. The minimum atomic E-state index is -0.0415. The van der Waals surface area contributed by atoms with E-state index in [-0.39, 0.29) is 11.8 Å². The molecule has 0 bridgehead atoms. The van der Waals surface area contributed by atoms with Crippen molar-refractivity contribution in [1.82, 2.24) is 0 Å². The lowest BCUT2D eigenvalue weighted by Crippen LogP contribution is -2.20. The van der Waals surface area contributed by atoms with Gasteiger partial charge in [0.05, 0.1) is 12.8 Å². The summed E-state index contributed by atoms with van der Waals surface area (Å²) >= 11 is 0. The molecule has 1 aromatic carbocycles. The summed E-state index contributed by atoms with van der Waals surface area (Å²) in [5.74, 6) is 0.675. The van der Waals surface area contributed by atoms with E-state index >= 15 is 0 Å². The molecule has 0 aliphatic carbocycles. The molecule has 0 unspecified atom stereocenters. The van der Waals surface area contributed by atoms with Gasteiger partial charge in [-0.15, -0.1) is 0 Å². The Kier molecular flexibility index (Phi) is 4.30. The highest BCUT2D eigenvalue weighted by Crippen LogP contribution is 2.31. The van der Waals surface area contributed by atoms with Gasteiger partial charge in [-0.1, -0.05) is 13.8 Å². The molecule has 1 fully saturated rings. The number of hydrogen-bond acceptors (Lipinski definition) is 3. The number of nitrogens with one attached hydrogen (secondary N) is 1. The van der Waals surface area contributed by atoms with Crippen molar-refractivity contribution < 1.29 is 9.53 Å². The summed E-state index contributed by atoms with van der Waals surface area (Å²) in [6, 6.07) is 5.98. The van der Waals surface area contributed by atoms with E-state index < -0.39 is 0 Å². The minimum Gasteiger partial charge on any atom is -0.495 e. The third kappa shape index (κ3) is 3.19. The molecule has 1 amide bonds. The minimum absolute atomic E-state index is 0.0110. The lowest BCUT2D eigenvalue weighted by molar-refractivity contribution is -0.118. The number of benzene rings is 1. The summed E-state index contributed by atoms with van der Waals surface area (Å²) in [5, 5.41) is 2.93. The van der Waals surface area contributed by atoms with Crippen LogP contribution in [0, 0.1) is 5.92 Å². The normalized spacial score (nSPS) is 14.8. The molecule has 1 N–H and O–H groups in total. The fraction of sp³-hybridized carbons (Fsp3) is 0.533. The standard InChI is InChI=1S/C15H22N2O2/c1-11(2)15(18)16-13-10-12(6-7-14(13)19-3)17-8-4-5-9-17/h6-7,10-11H,4-5,8-9H2,1-3H3,(H,16,18). The quantitative estimate of drug-likeness (QED) is 0.907. The number of hydrogen-bond donors (Lipinski definition) is 1. The zero-order valence-corrected chi connectivity index (χ0v) is 11.9. The van der Waals surface area contributed by atoms with Crippen molar-refractivity contribution in [2.45, 2.75) is 26.7 Å². The van der Waals surface area contributed by atoms with Crippen LogP contribution in [0.15, 0.2) is 18.2 Å². The van der Waals surface area contributed by atoms with Crippen molar-refractivity contribution >= 4 is 17.3 Å². The lowest BCUT2D eigenvalue weighted by atomic mass is 10.2. The maximum absolute atomic E-state index is 11.8. The molecule has 4 heteroatoms. The second-order valence-corrected chi connectivity index (χ2v) is 5.22. The fourth-order valence-electron chi connectivity index (χ4n) is 2.24. The Hall–Kier alpha value is -1.71. The molecule has 0 spiro atoms. The Balaban J connectivity index is 2.23. The first-order valence-electron chi connectivity index (χ1n) is 6.85. The van der Waals surface area contributed by atoms with Crippen LogP contribution in [0.25, 0.3) is 0 Å². The number of rotatable bonds is 4. The maximum atomic E-state index is 11.8. The Morgan fingerprint density at radius 2 is 2.00 bits per heavy atom. The van der Waals surface area contributed by atoms with Gasteiger partial charge in [-0.2, -0.15) is 0 Å². The molecular weight excluding hydrogens is 240 g/mol. The molecule has 0 radical (unpaired) electrons. The van der Waals surface area contributed by atoms with Crippen LogP contribution in [-0.4, -0.2) is 26.1 Å². The van der Waals surface area contributed by atoms with Crippen molar-refractivity contribution in [1.29, 1.82) is 0 Å². The predicted molar refractivity (Wildman–Crippen MR) is 77.9 cm³/mol. The van der Waals surface area contributed by atoms with Crippen LogP contribution >= 0.6 is 0 Å². The number of ether oxygens (including phenoxy) is 1. The topological polar surface area (TPSA) is 41.6 Å². The first-order valence-corrected chi connectivity index (χ1v) is 6.85. The highest BCUT2D eigenvalue weighted by molar-refractivity contribution is 5.94. The average molecular weight is 262 g/mol. The fourth-order valence-corrected chi connectivity index (χ4v) is 2.24. The SMILES string of the molecule is COc1ccc(N2CCCC2)cc1NC(=O)C(C)C. The van der Waals surface area contributed by atoms with E-state index in [1.807, 2.05) is 26.0 Å². The highest BCUT2D eigenvalue weighted by Gasteiger charge is 2.16. The van der Waals surface area contributed by atoms with Crippen LogP contribution in [0.1, 0.15) is 26.7 Å². The van der Waals surface area contributed by atoms with Gasteiger partial charge in [0, 0.05) is 24.7 Å². The Bertz CT molecular complexity index is 451. The second kappa shape index (κ2) is 5.95. The van der Waals surface area contributed by atoms with Gasteiger partial charge >= 0.3 is 0 Å². The summed E-state index contributed by atoms with van der Waals surface area (Å²) in [5.41, 5.74) is 1.91. The van der Waals surface area contributed by atoms with E-state index in [0.717, 1.165) is 24.5 Å². The van der Waals surface area contributed by atoms with Gasteiger partial charge in [0.25, 0.3) is 0 Å².